The van der Waals surface area contributed by atoms with Crippen LogP contribution in [0.5, 0.6) is 11.5 Å². The molecule has 1 aliphatic rings. The zero-order chi connectivity index (χ0) is 18.6. The van der Waals surface area contributed by atoms with Crippen LogP contribution in [0, 0.1) is 0 Å². The Bertz CT molecular complexity index is 927. The predicted molar refractivity (Wildman–Crippen MR) is 98.3 cm³/mol. The van der Waals surface area contributed by atoms with Gasteiger partial charge in [0.05, 0.1) is 5.69 Å². The average molecular weight is 366 g/mol. The molecule has 2 aromatic carbocycles. The van der Waals surface area contributed by atoms with Crippen molar-refractivity contribution in [2.24, 2.45) is 0 Å². The normalized spacial score (nSPS) is 13.7. The van der Waals surface area contributed by atoms with Gasteiger partial charge < -0.3 is 20.1 Å². The quantitative estimate of drug-likeness (QED) is 0.710. The van der Waals surface area contributed by atoms with Crippen molar-refractivity contribution >= 4 is 17.3 Å². The van der Waals surface area contributed by atoms with Gasteiger partial charge in [-0.25, -0.2) is 4.68 Å². The fourth-order valence-corrected chi connectivity index (χ4v) is 2.68. The Balaban J connectivity index is 1.38. The van der Waals surface area contributed by atoms with Gasteiger partial charge >= 0.3 is 0 Å². The Labute approximate surface area is 155 Å². The number of hydrogen-bond donors (Lipinski definition) is 2. The van der Waals surface area contributed by atoms with E-state index < -0.39 is 6.04 Å². The van der Waals surface area contributed by atoms with Crippen LogP contribution in [-0.2, 0) is 4.79 Å². The van der Waals surface area contributed by atoms with Crippen LogP contribution in [0.2, 0.25) is 0 Å². The fourth-order valence-electron chi connectivity index (χ4n) is 2.68. The number of amides is 1. The minimum Gasteiger partial charge on any atom is -0.486 e. The first-order chi connectivity index (χ1) is 13.2. The summed E-state index contributed by atoms with van der Waals surface area (Å²) in [4.78, 5) is 12.5. The Morgan fingerprint density at radius 2 is 1.81 bits per heavy atom. The van der Waals surface area contributed by atoms with Gasteiger partial charge in [0.1, 0.15) is 25.6 Å². The van der Waals surface area contributed by atoms with Crippen molar-refractivity contribution in [1.82, 2.24) is 20.2 Å². The predicted octanol–water partition coefficient (Wildman–Crippen LogP) is 1.87. The molecule has 1 aliphatic heterocycles. The molecule has 9 heteroatoms. The molecule has 0 unspecified atom stereocenters. The van der Waals surface area contributed by atoms with Crippen LogP contribution in [0.25, 0.3) is 5.69 Å². The van der Waals surface area contributed by atoms with Crippen LogP contribution >= 0.6 is 0 Å². The molecule has 0 spiro atoms. The van der Waals surface area contributed by atoms with Crippen molar-refractivity contribution < 1.29 is 14.3 Å². The van der Waals surface area contributed by atoms with Crippen molar-refractivity contribution in [3.05, 3.63) is 48.8 Å². The summed E-state index contributed by atoms with van der Waals surface area (Å²) in [5.74, 6) is 1.17. The maximum atomic E-state index is 12.5. The second-order valence-corrected chi connectivity index (χ2v) is 6.01. The monoisotopic (exact) mass is 366 g/mol. The van der Waals surface area contributed by atoms with E-state index in [1.54, 1.807) is 29.8 Å². The number of benzene rings is 2. The lowest BCUT2D eigenvalue weighted by Crippen LogP contribution is -2.31. The molecule has 2 heterocycles. The molecule has 0 saturated carbocycles. The molecule has 0 bridgehead atoms. The number of ether oxygens (including phenoxy) is 2. The number of rotatable bonds is 5. The third-order valence-corrected chi connectivity index (χ3v) is 4.07. The molecule has 27 heavy (non-hydrogen) atoms. The molecule has 0 aliphatic carbocycles. The van der Waals surface area contributed by atoms with E-state index in [-0.39, 0.29) is 5.91 Å². The highest BCUT2D eigenvalue weighted by atomic mass is 16.6. The van der Waals surface area contributed by atoms with Crippen LogP contribution in [0.15, 0.2) is 48.8 Å². The molecule has 0 radical (unpaired) electrons. The van der Waals surface area contributed by atoms with E-state index in [1.807, 2.05) is 24.3 Å². The van der Waals surface area contributed by atoms with Crippen molar-refractivity contribution in [2.45, 2.75) is 13.0 Å². The van der Waals surface area contributed by atoms with E-state index in [9.17, 15) is 4.79 Å². The summed E-state index contributed by atoms with van der Waals surface area (Å²) >= 11 is 0. The molecule has 0 saturated heterocycles. The van der Waals surface area contributed by atoms with Gasteiger partial charge in [-0.15, -0.1) is 5.10 Å². The minimum absolute atomic E-state index is 0.156. The van der Waals surface area contributed by atoms with E-state index in [2.05, 4.69) is 26.2 Å². The number of tetrazole rings is 1. The summed E-state index contributed by atoms with van der Waals surface area (Å²) in [5.41, 5.74) is 2.31. The summed E-state index contributed by atoms with van der Waals surface area (Å²) < 4.78 is 12.6. The molecular weight excluding hydrogens is 348 g/mol. The summed E-state index contributed by atoms with van der Waals surface area (Å²) in [7, 11) is 0. The average Bonchev–Trinajstić information content (AvgIpc) is 3.23. The lowest BCUT2D eigenvalue weighted by molar-refractivity contribution is -0.116. The summed E-state index contributed by atoms with van der Waals surface area (Å²) in [6.07, 6.45) is 1.52. The molecule has 2 N–H and O–H groups in total. The maximum absolute atomic E-state index is 12.5. The number of aromatic nitrogens is 4. The van der Waals surface area contributed by atoms with Crippen molar-refractivity contribution in [1.29, 1.82) is 0 Å². The van der Waals surface area contributed by atoms with Crippen LogP contribution in [0.4, 0.5) is 11.4 Å². The van der Waals surface area contributed by atoms with Crippen LogP contribution in [0.3, 0.4) is 0 Å². The zero-order valence-corrected chi connectivity index (χ0v) is 14.6. The molecule has 0 fully saturated rings. The van der Waals surface area contributed by atoms with E-state index in [4.69, 9.17) is 9.47 Å². The van der Waals surface area contributed by atoms with Gasteiger partial charge in [-0.2, -0.15) is 0 Å². The first kappa shape index (κ1) is 16.8. The van der Waals surface area contributed by atoms with E-state index in [0.717, 1.165) is 11.4 Å². The first-order valence-corrected chi connectivity index (χ1v) is 8.49. The third-order valence-electron chi connectivity index (χ3n) is 4.07. The van der Waals surface area contributed by atoms with Gasteiger partial charge in [0, 0.05) is 17.4 Å². The standard InChI is InChI=1S/C18H18N6O3/c1-12(20-13-2-5-15(6-3-13)24-11-19-22-23-24)18(25)21-14-4-7-16-17(10-14)27-9-8-26-16/h2-7,10-12,20H,8-9H2,1H3,(H,21,25)/t12-/m0/s1. The van der Waals surface area contributed by atoms with E-state index in [0.29, 0.717) is 30.4 Å². The lowest BCUT2D eigenvalue weighted by Gasteiger charge is -2.20. The van der Waals surface area contributed by atoms with Gasteiger partial charge in [-0.1, -0.05) is 0 Å². The van der Waals surface area contributed by atoms with Gasteiger partial charge in [-0.05, 0) is 53.7 Å². The lowest BCUT2D eigenvalue weighted by atomic mass is 10.2. The van der Waals surface area contributed by atoms with Gasteiger partial charge in [0.2, 0.25) is 5.91 Å². The highest BCUT2D eigenvalue weighted by Gasteiger charge is 2.16. The Morgan fingerprint density at radius 1 is 1.07 bits per heavy atom. The second kappa shape index (κ2) is 7.32. The van der Waals surface area contributed by atoms with Gasteiger partial charge in [0.25, 0.3) is 0 Å². The van der Waals surface area contributed by atoms with Crippen LogP contribution in [-0.4, -0.2) is 45.4 Å². The number of anilines is 2. The largest absolute Gasteiger partial charge is 0.486 e. The number of nitrogens with one attached hydrogen (secondary N) is 2. The molecule has 9 nitrogen and oxygen atoms in total. The van der Waals surface area contributed by atoms with Gasteiger partial charge in [-0.3, -0.25) is 4.79 Å². The number of hydrogen-bond acceptors (Lipinski definition) is 7. The first-order valence-electron chi connectivity index (χ1n) is 8.49. The van der Waals surface area contributed by atoms with Crippen LogP contribution < -0.4 is 20.1 Å². The molecule has 4 rings (SSSR count). The van der Waals surface area contributed by atoms with Gasteiger partial charge in [0.15, 0.2) is 11.5 Å². The Morgan fingerprint density at radius 3 is 2.56 bits per heavy atom. The second-order valence-electron chi connectivity index (χ2n) is 6.01. The smallest absolute Gasteiger partial charge is 0.246 e. The maximum Gasteiger partial charge on any atom is 0.246 e. The summed E-state index contributed by atoms with van der Waals surface area (Å²) in [5, 5.41) is 17.1. The molecule has 1 amide bonds. The highest BCUT2D eigenvalue weighted by molar-refractivity contribution is 5.96. The Kier molecular flexibility index (Phi) is 4.56. The number of nitrogens with zero attached hydrogens (tertiary/aromatic N) is 4. The van der Waals surface area contributed by atoms with E-state index >= 15 is 0 Å². The number of carbonyl (C=O) groups is 1. The van der Waals surface area contributed by atoms with Crippen molar-refractivity contribution in [3.63, 3.8) is 0 Å². The highest BCUT2D eigenvalue weighted by Crippen LogP contribution is 2.32. The molecule has 1 aromatic heterocycles. The third kappa shape index (κ3) is 3.81. The molecular formula is C18H18N6O3. The molecule has 1 atom stereocenters. The Hall–Kier alpha value is -3.62. The number of carbonyl (C=O) groups excluding carboxylic acids is 1. The van der Waals surface area contributed by atoms with Crippen molar-refractivity contribution in [2.75, 3.05) is 23.8 Å². The minimum atomic E-state index is -0.433. The summed E-state index contributed by atoms with van der Waals surface area (Å²) in [6.45, 7) is 2.83. The fraction of sp³-hybridized carbons (Fsp3) is 0.222. The van der Waals surface area contributed by atoms with Crippen molar-refractivity contribution in [3.8, 4) is 17.2 Å². The van der Waals surface area contributed by atoms with E-state index in [1.165, 1.54) is 6.33 Å². The van der Waals surface area contributed by atoms with Crippen LogP contribution in [0.1, 0.15) is 6.92 Å². The molecule has 138 valence electrons. The topological polar surface area (TPSA) is 103 Å². The summed E-state index contributed by atoms with van der Waals surface area (Å²) in [6, 6.07) is 12.4. The number of fused-ring (bicyclic) bond motifs is 1. The zero-order valence-electron chi connectivity index (χ0n) is 14.6. The SMILES string of the molecule is C[C@H](Nc1ccc(-n2cnnn2)cc1)C(=O)Nc1ccc2c(c1)OCCO2. The molecule has 3 aromatic rings.